The topological polar surface area (TPSA) is 82.1 Å². The lowest BCUT2D eigenvalue weighted by Gasteiger charge is -2.20. The number of methoxy groups -OCH3 is 3. The molecular weight excluding hydrogens is 384 g/mol. The third kappa shape index (κ3) is 5.20. The summed E-state index contributed by atoms with van der Waals surface area (Å²) < 4.78 is 15.6. The van der Waals surface area contributed by atoms with E-state index in [4.69, 9.17) is 14.2 Å². The Labute approximate surface area is 177 Å². The first-order valence-corrected chi connectivity index (χ1v) is 9.49. The van der Waals surface area contributed by atoms with Gasteiger partial charge in [0, 0.05) is 5.57 Å². The molecule has 0 radical (unpaired) electrons. The van der Waals surface area contributed by atoms with E-state index in [1.807, 2.05) is 24.3 Å². The third-order valence-electron chi connectivity index (χ3n) is 4.77. The van der Waals surface area contributed by atoms with Gasteiger partial charge in [-0.25, -0.2) is 4.79 Å². The Morgan fingerprint density at radius 3 is 1.90 bits per heavy atom. The number of esters is 1. The van der Waals surface area contributed by atoms with Gasteiger partial charge in [-0.15, -0.1) is 0 Å². The van der Waals surface area contributed by atoms with Crippen LogP contribution >= 0.6 is 0 Å². The van der Waals surface area contributed by atoms with E-state index in [-0.39, 0.29) is 11.0 Å². The van der Waals surface area contributed by atoms with Gasteiger partial charge >= 0.3 is 11.9 Å². The molecule has 0 aliphatic carbocycles. The summed E-state index contributed by atoms with van der Waals surface area (Å²) in [7, 11) is 4.28. The maximum Gasteiger partial charge on any atom is 0.334 e. The third-order valence-corrected chi connectivity index (χ3v) is 4.77. The number of rotatable bonds is 7. The van der Waals surface area contributed by atoms with Crippen molar-refractivity contribution in [3.05, 3.63) is 64.7 Å². The van der Waals surface area contributed by atoms with Gasteiger partial charge in [-0.3, -0.25) is 4.79 Å². The van der Waals surface area contributed by atoms with Gasteiger partial charge in [0.15, 0.2) is 11.5 Å². The summed E-state index contributed by atoms with van der Waals surface area (Å²) in [5.41, 5.74) is 2.94. The lowest BCUT2D eigenvalue weighted by molar-refractivity contribution is -0.141. The Balaban J connectivity index is 2.79. The van der Waals surface area contributed by atoms with Gasteiger partial charge in [0.25, 0.3) is 0 Å². The highest BCUT2D eigenvalue weighted by Gasteiger charge is 2.23. The van der Waals surface area contributed by atoms with Crippen LogP contribution in [0.5, 0.6) is 11.5 Å². The molecule has 0 atom stereocenters. The smallest absolute Gasteiger partial charge is 0.334 e. The van der Waals surface area contributed by atoms with Crippen molar-refractivity contribution in [3.63, 3.8) is 0 Å². The summed E-state index contributed by atoms with van der Waals surface area (Å²) >= 11 is 0. The second-order valence-corrected chi connectivity index (χ2v) is 7.81. The first-order valence-electron chi connectivity index (χ1n) is 9.49. The van der Waals surface area contributed by atoms with E-state index in [2.05, 4.69) is 20.8 Å². The van der Waals surface area contributed by atoms with E-state index < -0.39 is 18.4 Å². The Kier molecular flexibility index (Phi) is 7.27. The Hall–Kier alpha value is -3.28. The molecule has 2 aromatic rings. The van der Waals surface area contributed by atoms with Crippen LogP contribution in [0, 0.1) is 0 Å². The molecule has 6 nitrogen and oxygen atoms in total. The number of hydrogen-bond donors (Lipinski definition) is 1. The lowest BCUT2D eigenvalue weighted by Crippen LogP contribution is -2.13. The SMILES string of the molecule is COC(=O)/C(CC(=O)O)=C(/c1ccc(C(C)(C)C)cc1)c1ccc(OC)c(OC)c1. The molecule has 6 heteroatoms. The number of benzene rings is 2. The van der Waals surface area contributed by atoms with Crippen LogP contribution in [-0.4, -0.2) is 38.4 Å². The molecule has 0 bridgehead atoms. The zero-order valence-corrected chi connectivity index (χ0v) is 18.2. The average molecular weight is 412 g/mol. The highest BCUT2D eigenvalue weighted by atomic mass is 16.5. The molecule has 30 heavy (non-hydrogen) atoms. The molecule has 0 aromatic heterocycles. The molecule has 2 rings (SSSR count). The summed E-state index contributed by atoms with van der Waals surface area (Å²) in [6.07, 6.45) is -0.475. The molecule has 0 amide bonds. The number of aliphatic carboxylic acids is 1. The summed E-state index contributed by atoms with van der Waals surface area (Å²) in [5.74, 6) is -0.818. The van der Waals surface area contributed by atoms with Crippen LogP contribution in [-0.2, 0) is 19.7 Å². The zero-order valence-electron chi connectivity index (χ0n) is 18.2. The quantitative estimate of drug-likeness (QED) is 0.534. The maximum atomic E-state index is 12.5. The normalized spacial score (nSPS) is 12.1. The van der Waals surface area contributed by atoms with E-state index in [0.29, 0.717) is 28.2 Å². The van der Waals surface area contributed by atoms with Gasteiger partial charge < -0.3 is 19.3 Å². The van der Waals surface area contributed by atoms with Crippen LogP contribution in [0.4, 0.5) is 0 Å². The highest BCUT2D eigenvalue weighted by Crippen LogP contribution is 2.36. The van der Waals surface area contributed by atoms with E-state index >= 15 is 0 Å². The zero-order chi connectivity index (χ0) is 22.5. The molecule has 160 valence electrons. The van der Waals surface area contributed by atoms with Crippen molar-refractivity contribution in [2.24, 2.45) is 0 Å². The van der Waals surface area contributed by atoms with Crippen molar-refractivity contribution in [3.8, 4) is 11.5 Å². The number of ether oxygens (including phenoxy) is 3. The summed E-state index contributed by atoms with van der Waals surface area (Å²) in [5, 5.41) is 9.42. The number of carbonyl (C=O) groups excluding carboxylic acids is 1. The molecule has 0 aliphatic heterocycles. The number of carbonyl (C=O) groups is 2. The largest absolute Gasteiger partial charge is 0.493 e. The summed E-state index contributed by atoms with van der Waals surface area (Å²) in [6, 6.07) is 12.9. The van der Waals surface area contributed by atoms with Gasteiger partial charge in [0.05, 0.1) is 33.3 Å². The van der Waals surface area contributed by atoms with Crippen LogP contribution in [0.3, 0.4) is 0 Å². The fraction of sp³-hybridized carbons (Fsp3) is 0.333. The van der Waals surface area contributed by atoms with Crippen molar-refractivity contribution < 1.29 is 28.9 Å². The Morgan fingerprint density at radius 1 is 0.867 bits per heavy atom. The molecule has 0 spiro atoms. The van der Waals surface area contributed by atoms with Crippen LogP contribution < -0.4 is 9.47 Å². The highest BCUT2D eigenvalue weighted by molar-refractivity contribution is 6.04. The van der Waals surface area contributed by atoms with Gasteiger partial charge in [0.1, 0.15) is 0 Å². The van der Waals surface area contributed by atoms with Crippen LogP contribution in [0.25, 0.3) is 5.57 Å². The molecule has 0 saturated heterocycles. The fourth-order valence-corrected chi connectivity index (χ4v) is 3.18. The fourth-order valence-electron chi connectivity index (χ4n) is 3.18. The minimum absolute atomic E-state index is 0.0437. The number of carboxylic acids is 1. The van der Waals surface area contributed by atoms with Gasteiger partial charge in [-0.1, -0.05) is 51.1 Å². The molecule has 0 heterocycles. The van der Waals surface area contributed by atoms with Crippen LogP contribution in [0.2, 0.25) is 0 Å². The minimum Gasteiger partial charge on any atom is -0.493 e. The van der Waals surface area contributed by atoms with E-state index in [9.17, 15) is 14.7 Å². The summed E-state index contributed by atoms with van der Waals surface area (Å²) in [6.45, 7) is 6.33. The molecular formula is C24H28O6. The molecule has 2 aromatic carbocycles. The standard InChI is InChI=1S/C24H28O6/c1-24(2,3)17-10-7-15(8-11-17)22(18(14-21(25)26)23(27)30-6)16-9-12-19(28-4)20(13-16)29-5/h7-13H,14H2,1-6H3,(H,25,26)/b22-18-. The molecule has 0 aliphatic rings. The molecule has 0 fully saturated rings. The predicted molar refractivity (Wildman–Crippen MR) is 115 cm³/mol. The van der Waals surface area contributed by atoms with Crippen molar-refractivity contribution >= 4 is 17.5 Å². The monoisotopic (exact) mass is 412 g/mol. The second kappa shape index (κ2) is 9.48. The molecule has 0 saturated carbocycles. The second-order valence-electron chi connectivity index (χ2n) is 7.81. The minimum atomic E-state index is -1.13. The van der Waals surface area contributed by atoms with Crippen molar-refractivity contribution in [1.82, 2.24) is 0 Å². The van der Waals surface area contributed by atoms with Gasteiger partial charge in [-0.05, 0) is 34.2 Å². The van der Waals surface area contributed by atoms with Crippen molar-refractivity contribution in [1.29, 1.82) is 0 Å². The first-order chi connectivity index (χ1) is 14.1. The molecule has 0 unspecified atom stereocenters. The summed E-state index contributed by atoms with van der Waals surface area (Å²) in [4.78, 5) is 24.1. The van der Waals surface area contributed by atoms with E-state index in [0.717, 1.165) is 5.56 Å². The number of hydrogen-bond acceptors (Lipinski definition) is 5. The first kappa shape index (κ1) is 23.0. The van der Waals surface area contributed by atoms with Crippen LogP contribution in [0.1, 0.15) is 43.9 Å². The van der Waals surface area contributed by atoms with Crippen molar-refractivity contribution in [2.75, 3.05) is 21.3 Å². The lowest BCUT2D eigenvalue weighted by atomic mass is 9.84. The van der Waals surface area contributed by atoms with Crippen molar-refractivity contribution in [2.45, 2.75) is 32.6 Å². The van der Waals surface area contributed by atoms with Crippen LogP contribution in [0.15, 0.2) is 48.0 Å². The van der Waals surface area contributed by atoms with Gasteiger partial charge in [0.2, 0.25) is 0 Å². The average Bonchev–Trinajstić information content (AvgIpc) is 2.71. The van der Waals surface area contributed by atoms with E-state index in [1.165, 1.54) is 21.3 Å². The predicted octanol–water partition coefficient (Wildman–Crippen LogP) is 4.45. The van der Waals surface area contributed by atoms with Gasteiger partial charge in [-0.2, -0.15) is 0 Å². The Morgan fingerprint density at radius 2 is 1.43 bits per heavy atom. The molecule has 1 N–H and O–H groups in total. The Bertz CT molecular complexity index is 949. The van der Waals surface area contributed by atoms with E-state index in [1.54, 1.807) is 18.2 Å². The number of carboxylic acid groups (broad SMARTS) is 1. The maximum absolute atomic E-state index is 12.5.